The molecule has 1 atom stereocenters. The predicted molar refractivity (Wildman–Crippen MR) is 76.7 cm³/mol. The Kier molecular flexibility index (Phi) is 4.23. The molecule has 0 aromatic heterocycles. The van der Waals surface area contributed by atoms with Crippen molar-refractivity contribution in [1.82, 2.24) is 0 Å². The van der Waals surface area contributed by atoms with E-state index in [1.807, 2.05) is 31.2 Å². The van der Waals surface area contributed by atoms with Crippen molar-refractivity contribution in [3.63, 3.8) is 0 Å². The van der Waals surface area contributed by atoms with E-state index in [-0.39, 0.29) is 5.92 Å². The number of rotatable bonds is 2. The van der Waals surface area contributed by atoms with Gasteiger partial charge < -0.3 is 4.74 Å². The lowest BCUT2D eigenvalue weighted by atomic mass is 9.84. The van der Waals surface area contributed by atoms with Gasteiger partial charge in [0, 0.05) is 5.92 Å². The van der Waals surface area contributed by atoms with Gasteiger partial charge >= 0.3 is 0 Å². The van der Waals surface area contributed by atoms with Crippen molar-refractivity contribution < 1.29 is 9.53 Å². The summed E-state index contributed by atoms with van der Waals surface area (Å²) in [4.78, 5) is 12.0. The summed E-state index contributed by atoms with van der Waals surface area (Å²) < 4.78 is 6.11. The van der Waals surface area contributed by atoms with Crippen LogP contribution in [0.15, 0.2) is 28.2 Å². The molecule has 0 bridgehead atoms. The first-order valence-corrected chi connectivity index (χ1v) is 6.99. The van der Waals surface area contributed by atoms with Crippen LogP contribution in [0.3, 0.4) is 0 Å². The topological polar surface area (TPSA) is 26.3 Å². The van der Waals surface area contributed by atoms with Gasteiger partial charge in [-0.15, -0.1) is 0 Å². The summed E-state index contributed by atoms with van der Waals surface area (Å²) in [5.74, 6) is 1.28. The number of carbonyl (C=O) groups is 1. The summed E-state index contributed by atoms with van der Waals surface area (Å²) in [6.07, 6.45) is 5.02. The highest BCUT2D eigenvalue weighted by atomic mass is 79.9. The van der Waals surface area contributed by atoms with Gasteiger partial charge in [0.15, 0.2) is 5.78 Å². The fourth-order valence-corrected chi connectivity index (χ4v) is 2.84. The van der Waals surface area contributed by atoms with Crippen molar-refractivity contribution in [1.29, 1.82) is 0 Å². The zero-order valence-electron chi connectivity index (χ0n) is 10.7. The van der Waals surface area contributed by atoms with Gasteiger partial charge in [0.1, 0.15) is 5.75 Å². The molecule has 0 unspecified atom stereocenters. The summed E-state index contributed by atoms with van der Waals surface area (Å²) in [5.41, 5.74) is 1.99. The molecule has 1 aliphatic carbocycles. The number of benzene rings is 1. The lowest BCUT2D eigenvalue weighted by Crippen LogP contribution is -2.18. The third-order valence-electron chi connectivity index (χ3n) is 3.36. The first kappa shape index (κ1) is 13.3. The highest BCUT2D eigenvalue weighted by Crippen LogP contribution is 2.29. The summed E-state index contributed by atoms with van der Waals surface area (Å²) in [5, 5.41) is 0. The zero-order chi connectivity index (χ0) is 13.1. The number of hydrogen-bond donors (Lipinski definition) is 0. The maximum atomic E-state index is 12.0. The van der Waals surface area contributed by atoms with Crippen LogP contribution in [0.1, 0.15) is 31.7 Å². The van der Waals surface area contributed by atoms with Gasteiger partial charge in [0.05, 0.1) is 11.6 Å². The summed E-state index contributed by atoms with van der Waals surface area (Å²) >= 11 is 3.46. The second-order valence-electron chi connectivity index (χ2n) is 4.72. The molecule has 1 aliphatic rings. The van der Waals surface area contributed by atoms with Gasteiger partial charge in [0.25, 0.3) is 0 Å². The maximum absolute atomic E-state index is 12.0. The Morgan fingerprint density at radius 2 is 2.22 bits per heavy atom. The number of methoxy groups -OCH3 is 1. The summed E-state index contributed by atoms with van der Waals surface area (Å²) in [7, 11) is 1.64. The average Bonchev–Trinajstić information content (AvgIpc) is 2.35. The monoisotopic (exact) mass is 308 g/mol. The Morgan fingerprint density at radius 3 is 2.89 bits per heavy atom. The molecule has 0 amide bonds. The molecule has 0 aliphatic heterocycles. The van der Waals surface area contributed by atoms with Crippen LogP contribution in [0.5, 0.6) is 5.75 Å². The van der Waals surface area contributed by atoms with Gasteiger partial charge in [-0.2, -0.15) is 0 Å². The number of carbonyl (C=O) groups excluding carboxylic acids is 1. The van der Waals surface area contributed by atoms with E-state index in [2.05, 4.69) is 15.9 Å². The van der Waals surface area contributed by atoms with Crippen molar-refractivity contribution in [3.8, 4) is 5.75 Å². The third kappa shape index (κ3) is 2.83. The van der Waals surface area contributed by atoms with E-state index < -0.39 is 0 Å². The smallest absolute Gasteiger partial charge is 0.161 e. The van der Waals surface area contributed by atoms with E-state index in [4.69, 9.17) is 4.74 Å². The first-order chi connectivity index (χ1) is 8.61. The zero-order valence-corrected chi connectivity index (χ0v) is 12.3. The number of Topliss-reactive ketones (excluding diaryl/α,β-unsaturated/α-hetero) is 1. The molecular weight excluding hydrogens is 292 g/mol. The number of ketones is 1. The predicted octanol–water partition coefficient (Wildman–Crippen LogP) is 4.23. The molecule has 1 saturated carbocycles. The molecule has 0 saturated heterocycles. The molecule has 0 heterocycles. The van der Waals surface area contributed by atoms with Crippen molar-refractivity contribution in [2.45, 2.75) is 26.2 Å². The second kappa shape index (κ2) is 5.70. The van der Waals surface area contributed by atoms with Crippen molar-refractivity contribution in [2.75, 3.05) is 7.11 Å². The van der Waals surface area contributed by atoms with Crippen LogP contribution >= 0.6 is 15.9 Å². The fourth-order valence-electron chi connectivity index (χ4n) is 2.29. The van der Waals surface area contributed by atoms with Crippen LogP contribution < -0.4 is 4.74 Å². The molecule has 1 fully saturated rings. The fraction of sp³-hybridized carbons (Fsp3) is 0.400. The summed E-state index contributed by atoms with van der Waals surface area (Å²) in [6.45, 7) is 2.01. The molecule has 1 aromatic carbocycles. The quantitative estimate of drug-likeness (QED) is 0.764. The van der Waals surface area contributed by atoms with E-state index >= 15 is 0 Å². The van der Waals surface area contributed by atoms with E-state index in [9.17, 15) is 4.79 Å². The Morgan fingerprint density at radius 1 is 1.44 bits per heavy atom. The molecule has 1 aromatic rings. The van der Waals surface area contributed by atoms with Gasteiger partial charge in [0.2, 0.25) is 0 Å². The van der Waals surface area contributed by atoms with Crippen molar-refractivity contribution in [2.24, 2.45) is 5.92 Å². The largest absolute Gasteiger partial charge is 0.496 e. The molecule has 2 nitrogen and oxygen atoms in total. The molecule has 0 spiro atoms. The van der Waals surface area contributed by atoms with E-state index in [0.717, 1.165) is 40.6 Å². The second-order valence-corrected chi connectivity index (χ2v) is 5.58. The molecule has 0 radical (unpaired) electrons. The van der Waals surface area contributed by atoms with Crippen LogP contribution in [0.25, 0.3) is 6.08 Å². The minimum atomic E-state index is 0.173. The van der Waals surface area contributed by atoms with E-state index in [1.165, 1.54) is 0 Å². The number of hydrogen-bond acceptors (Lipinski definition) is 2. The minimum absolute atomic E-state index is 0.173. The molecule has 96 valence electrons. The number of ether oxygens (including phenoxy) is 1. The Hall–Kier alpha value is -1.09. The van der Waals surface area contributed by atoms with Crippen LogP contribution in [0.2, 0.25) is 0 Å². The van der Waals surface area contributed by atoms with Crippen LogP contribution in [-0.2, 0) is 4.79 Å². The van der Waals surface area contributed by atoms with Crippen molar-refractivity contribution in [3.05, 3.63) is 33.8 Å². The Balaban J connectivity index is 2.27. The Bertz CT molecular complexity index is 491. The van der Waals surface area contributed by atoms with Crippen LogP contribution in [-0.4, -0.2) is 12.9 Å². The van der Waals surface area contributed by atoms with Gasteiger partial charge in [-0.05, 0) is 64.5 Å². The van der Waals surface area contributed by atoms with E-state index in [0.29, 0.717) is 5.78 Å². The summed E-state index contributed by atoms with van der Waals surface area (Å²) in [6, 6.07) is 5.87. The molecule has 18 heavy (non-hydrogen) atoms. The minimum Gasteiger partial charge on any atom is -0.496 e. The van der Waals surface area contributed by atoms with Crippen LogP contribution in [0.4, 0.5) is 0 Å². The van der Waals surface area contributed by atoms with E-state index in [1.54, 1.807) is 7.11 Å². The molecule has 3 heteroatoms. The highest BCUT2D eigenvalue weighted by molar-refractivity contribution is 9.10. The molecular formula is C15H17BrO2. The highest BCUT2D eigenvalue weighted by Gasteiger charge is 2.22. The van der Waals surface area contributed by atoms with Gasteiger partial charge in [-0.3, -0.25) is 4.79 Å². The number of halogens is 1. The molecule has 2 rings (SSSR count). The van der Waals surface area contributed by atoms with Gasteiger partial charge in [-0.1, -0.05) is 13.0 Å². The lowest BCUT2D eigenvalue weighted by molar-refractivity contribution is -0.119. The van der Waals surface area contributed by atoms with Gasteiger partial charge in [-0.25, -0.2) is 0 Å². The standard InChI is InChI=1S/C15H17BrO2/c1-10-4-3-5-12(15(10)17)8-11-6-7-14(18-2)13(16)9-11/h6-10H,3-5H2,1-2H3/b12-8+/t10-/m0/s1. The SMILES string of the molecule is COc1ccc(/C=C2\CCC[C@H](C)C2=O)cc1Br. The Labute approximate surface area is 116 Å². The van der Waals surface area contributed by atoms with Crippen molar-refractivity contribution >= 4 is 27.8 Å². The van der Waals surface area contributed by atoms with Crippen LogP contribution in [0, 0.1) is 5.92 Å². The maximum Gasteiger partial charge on any atom is 0.161 e. The average molecular weight is 309 g/mol. The normalized spacial score (nSPS) is 22.3. The molecule has 0 N–H and O–H groups in total. The number of allylic oxidation sites excluding steroid dienone is 1. The third-order valence-corrected chi connectivity index (χ3v) is 3.98. The first-order valence-electron chi connectivity index (χ1n) is 6.20. The lowest BCUT2D eigenvalue weighted by Gasteiger charge is -2.19.